The molecule has 0 radical (unpaired) electrons. The molecule has 0 atom stereocenters. The van der Waals surface area contributed by atoms with Crippen LogP contribution in [-0.4, -0.2) is 20.6 Å². The number of nitrogens with one attached hydrogen (secondary N) is 1. The largest absolute Gasteiger partial charge is 0.486 e. The lowest BCUT2D eigenvalue weighted by atomic mass is 10.2. The van der Waals surface area contributed by atoms with E-state index in [1.165, 1.54) is 16.9 Å². The van der Waals surface area contributed by atoms with Gasteiger partial charge in [0.15, 0.2) is 11.6 Å². The molecule has 134 valence electrons. The Morgan fingerprint density at radius 3 is 2.40 bits per heavy atom. The normalized spacial score (nSPS) is 11.2. The molecule has 0 heterocycles. The average Bonchev–Trinajstić information content (AvgIpc) is 2.47. The second kappa shape index (κ2) is 7.32. The molecule has 0 unspecified atom stereocenters. The number of ether oxygens (including phenoxy) is 1. The molecule has 25 heavy (non-hydrogen) atoms. The zero-order valence-electron chi connectivity index (χ0n) is 12.6. The highest BCUT2D eigenvalue weighted by molar-refractivity contribution is 7.89. The third-order valence-corrected chi connectivity index (χ3v) is 3.73. The summed E-state index contributed by atoms with van der Waals surface area (Å²) in [5.41, 5.74) is -0.754. The van der Waals surface area contributed by atoms with Gasteiger partial charge in [-0.05, 0) is 18.2 Å². The van der Waals surface area contributed by atoms with Gasteiger partial charge in [-0.25, -0.2) is 26.3 Å². The van der Waals surface area contributed by atoms with Crippen LogP contribution in [-0.2, 0) is 16.6 Å². The van der Waals surface area contributed by atoms with Gasteiger partial charge in [-0.15, -0.1) is 0 Å². The monoisotopic (exact) mass is 393 g/mol. The van der Waals surface area contributed by atoms with Crippen LogP contribution < -0.4 is 9.46 Å². The second-order valence-electron chi connectivity index (χ2n) is 4.99. The van der Waals surface area contributed by atoms with Gasteiger partial charge in [0.25, 0.3) is 5.91 Å². The number of carbonyl (C=O) groups is 1. The van der Waals surface area contributed by atoms with Gasteiger partial charge in [0.05, 0.1) is 11.8 Å². The molecule has 2 aromatic carbocycles. The van der Waals surface area contributed by atoms with Crippen LogP contribution in [0.25, 0.3) is 0 Å². The van der Waals surface area contributed by atoms with Gasteiger partial charge in [-0.3, -0.25) is 4.79 Å². The standard InChI is InChI=1S/C15H11ClF3NO4S/c1-25(22,23)20-15(21)10-5-13(19)14(6-12(10)18)24-7-8-2-3-9(16)4-11(8)17/h2-6H,7H2,1H3,(H,20,21). The van der Waals surface area contributed by atoms with Crippen molar-refractivity contribution in [1.82, 2.24) is 4.72 Å². The summed E-state index contributed by atoms with van der Waals surface area (Å²) in [6.07, 6.45) is 0.692. The first-order chi connectivity index (χ1) is 11.6. The molecular weight excluding hydrogens is 383 g/mol. The molecule has 0 spiro atoms. The van der Waals surface area contributed by atoms with E-state index in [1.54, 1.807) is 0 Å². The fourth-order valence-electron chi connectivity index (χ4n) is 1.83. The zero-order valence-corrected chi connectivity index (χ0v) is 14.2. The van der Waals surface area contributed by atoms with Crippen molar-refractivity contribution in [3.63, 3.8) is 0 Å². The van der Waals surface area contributed by atoms with Crippen molar-refractivity contribution in [3.8, 4) is 5.75 Å². The van der Waals surface area contributed by atoms with Crippen molar-refractivity contribution in [1.29, 1.82) is 0 Å². The lowest BCUT2D eigenvalue weighted by Crippen LogP contribution is -2.30. The molecule has 2 rings (SSSR count). The summed E-state index contributed by atoms with van der Waals surface area (Å²) >= 11 is 5.60. The first-order valence-electron chi connectivity index (χ1n) is 6.64. The summed E-state index contributed by atoms with van der Waals surface area (Å²) in [7, 11) is -3.94. The van der Waals surface area contributed by atoms with E-state index < -0.39 is 51.3 Å². The van der Waals surface area contributed by atoms with Crippen molar-refractivity contribution >= 4 is 27.5 Å². The molecule has 0 saturated carbocycles. The van der Waals surface area contributed by atoms with Crippen LogP contribution in [0, 0.1) is 17.5 Å². The molecule has 0 fully saturated rings. The van der Waals surface area contributed by atoms with Crippen molar-refractivity contribution in [3.05, 3.63) is 63.9 Å². The topological polar surface area (TPSA) is 72.5 Å². The van der Waals surface area contributed by atoms with Crippen LogP contribution in [0.1, 0.15) is 15.9 Å². The number of amides is 1. The zero-order chi connectivity index (χ0) is 18.8. The highest BCUT2D eigenvalue weighted by Crippen LogP contribution is 2.24. The minimum Gasteiger partial charge on any atom is -0.486 e. The van der Waals surface area contributed by atoms with E-state index in [0.29, 0.717) is 18.4 Å². The van der Waals surface area contributed by atoms with Gasteiger partial charge in [-0.2, -0.15) is 0 Å². The van der Waals surface area contributed by atoms with Crippen LogP contribution in [0.3, 0.4) is 0 Å². The van der Waals surface area contributed by atoms with Gasteiger partial charge < -0.3 is 4.74 Å². The maximum Gasteiger partial charge on any atom is 0.267 e. The molecule has 0 aliphatic carbocycles. The fourth-order valence-corrected chi connectivity index (χ4v) is 2.44. The predicted octanol–water partition coefficient (Wildman–Crippen LogP) is 3.03. The number of halogens is 4. The lowest BCUT2D eigenvalue weighted by molar-refractivity contribution is 0.0977. The molecule has 10 heteroatoms. The predicted molar refractivity (Wildman–Crippen MR) is 84.4 cm³/mol. The van der Waals surface area contributed by atoms with Crippen LogP contribution in [0.5, 0.6) is 5.75 Å². The van der Waals surface area contributed by atoms with E-state index in [4.69, 9.17) is 16.3 Å². The summed E-state index contributed by atoms with van der Waals surface area (Å²) in [6, 6.07) is 4.82. The Labute approximate surface area is 146 Å². The second-order valence-corrected chi connectivity index (χ2v) is 7.18. The number of benzene rings is 2. The minimum atomic E-state index is -3.94. The number of carbonyl (C=O) groups excluding carboxylic acids is 1. The van der Waals surface area contributed by atoms with Crippen molar-refractivity contribution in [2.24, 2.45) is 0 Å². The molecule has 0 aromatic heterocycles. The van der Waals surface area contributed by atoms with E-state index in [1.807, 2.05) is 0 Å². The maximum atomic E-state index is 14.0. The first kappa shape index (κ1) is 19.1. The number of hydrogen-bond acceptors (Lipinski definition) is 4. The van der Waals surface area contributed by atoms with E-state index in [0.717, 1.165) is 6.07 Å². The van der Waals surface area contributed by atoms with Crippen LogP contribution >= 0.6 is 11.6 Å². The van der Waals surface area contributed by atoms with E-state index in [9.17, 15) is 26.4 Å². The van der Waals surface area contributed by atoms with Gasteiger partial charge in [-0.1, -0.05) is 17.7 Å². The van der Waals surface area contributed by atoms with Gasteiger partial charge in [0.2, 0.25) is 10.0 Å². The fraction of sp³-hybridized carbons (Fsp3) is 0.133. The third-order valence-electron chi connectivity index (χ3n) is 2.94. The summed E-state index contributed by atoms with van der Waals surface area (Å²) in [5, 5.41) is 0.166. The van der Waals surface area contributed by atoms with Crippen molar-refractivity contribution in [2.75, 3.05) is 6.26 Å². The highest BCUT2D eigenvalue weighted by Gasteiger charge is 2.19. The molecule has 0 aliphatic rings. The molecule has 1 N–H and O–H groups in total. The Morgan fingerprint density at radius 2 is 1.80 bits per heavy atom. The van der Waals surface area contributed by atoms with Crippen LogP contribution in [0.4, 0.5) is 13.2 Å². The molecular formula is C15H11ClF3NO4S. The lowest BCUT2D eigenvalue weighted by Gasteiger charge is -2.10. The Bertz CT molecular complexity index is 935. The SMILES string of the molecule is CS(=O)(=O)NC(=O)c1cc(F)c(OCc2ccc(Cl)cc2F)cc1F. The number of rotatable bonds is 5. The van der Waals surface area contributed by atoms with Crippen molar-refractivity contribution < 1.29 is 31.1 Å². The van der Waals surface area contributed by atoms with Gasteiger partial charge in [0.1, 0.15) is 18.2 Å². The van der Waals surface area contributed by atoms with Crippen LogP contribution in [0.2, 0.25) is 5.02 Å². The van der Waals surface area contributed by atoms with Crippen LogP contribution in [0.15, 0.2) is 30.3 Å². The molecule has 1 amide bonds. The highest BCUT2D eigenvalue weighted by atomic mass is 35.5. The Kier molecular flexibility index (Phi) is 5.58. The third kappa shape index (κ3) is 5.10. The quantitative estimate of drug-likeness (QED) is 0.847. The summed E-state index contributed by atoms with van der Waals surface area (Å²) in [6.45, 7) is -0.408. The van der Waals surface area contributed by atoms with E-state index >= 15 is 0 Å². The van der Waals surface area contributed by atoms with E-state index in [2.05, 4.69) is 0 Å². The average molecular weight is 394 g/mol. The van der Waals surface area contributed by atoms with Crippen molar-refractivity contribution in [2.45, 2.75) is 6.61 Å². The number of sulfonamides is 1. The number of hydrogen-bond donors (Lipinski definition) is 1. The Hall–Kier alpha value is -2.26. The Balaban J connectivity index is 2.20. The summed E-state index contributed by atoms with van der Waals surface area (Å²) < 4.78 is 70.0. The molecule has 2 aromatic rings. The minimum absolute atomic E-state index is 0.0584. The van der Waals surface area contributed by atoms with Gasteiger partial charge >= 0.3 is 0 Å². The summed E-state index contributed by atoms with van der Waals surface area (Å²) in [4.78, 5) is 11.6. The maximum absolute atomic E-state index is 14.0. The first-order valence-corrected chi connectivity index (χ1v) is 8.91. The smallest absolute Gasteiger partial charge is 0.267 e. The molecule has 5 nitrogen and oxygen atoms in total. The van der Waals surface area contributed by atoms with E-state index in [-0.39, 0.29) is 10.6 Å². The Morgan fingerprint density at radius 1 is 1.12 bits per heavy atom. The summed E-state index contributed by atoms with van der Waals surface area (Å²) in [5.74, 6) is -4.89. The molecule has 0 bridgehead atoms. The van der Waals surface area contributed by atoms with Gasteiger partial charge in [0, 0.05) is 16.7 Å². The molecule has 0 aliphatic heterocycles. The molecule has 0 saturated heterocycles.